The maximum absolute atomic E-state index is 13.5. The Morgan fingerprint density at radius 3 is 2.94 bits per heavy atom. The molecule has 0 saturated heterocycles. The molecule has 1 aromatic rings. The third kappa shape index (κ3) is 2.39. The molecule has 0 N–H and O–H groups in total. The highest BCUT2D eigenvalue weighted by Crippen LogP contribution is 2.38. The van der Waals surface area contributed by atoms with Gasteiger partial charge in [-0.3, -0.25) is 14.8 Å². The van der Waals surface area contributed by atoms with Crippen molar-refractivity contribution in [3.8, 4) is 0 Å². The van der Waals surface area contributed by atoms with E-state index in [9.17, 15) is 18.9 Å². The summed E-state index contributed by atoms with van der Waals surface area (Å²) in [5.74, 6) is -2.81. The Kier molecular flexibility index (Phi) is 3.14. The molecule has 1 aliphatic carbocycles. The normalized spacial score (nSPS) is 19.2. The number of allylic oxidation sites excluding steroid dienone is 2. The van der Waals surface area contributed by atoms with Crippen LogP contribution in [0.1, 0.15) is 31.4 Å². The summed E-state index contributed by atoms with van der Waals surface area (Å²) in [6, 6.07) is 0. The van der Waals surface area contributed by atoms with Gasteiger partial charge in [-0.05, 0) is 18.4 Å². The van der Waals surface area contributed by atoms with E-state index in [2.05, 4.69) is 5.10 Å². The molecule has 0 unspecified atom stereocenters. The lowest BCUT2D eigenvalue weighted by Gasteiger charge is -2.15. The van der Waals surface area contributed by atoms with Gasteiger partial charge in [0.2, 0.25) is 0 Å². The van der Waals surface area contributed by atoms with Crippen molar-refractivity contribution in [2.45, 2.75) is 31.6 Å². The quantitative estimate of drug-likeness (QED) is 0.604. The summed E-state index contributed by atoms with van der Waals surface area (Å²) >= 11 is 0. The van der Waals surface area contributed by atoms with Gasteiger partial charge in [-0.2, -0.15) is 5.10 Å². The summed E-state index contributed by atoms with van der Waals surface area (Å²) in [6.07, 6.45) is 3.01. The number of nitro groups is 1. The molecule has 98 valence electrons. The Balaban J connectivity index is 2.44. The third-order valence-electron chi connectivity index (χ3n) is 3.01. The molecular formula is C11H13F2N3O2. The zero-order chi connectivity index (χ0) is 13.3. The van der Waals surface area contributed by atoms with Crippen molar-refractivity contribution >= 4 is 11.3 Å². The molecule has 0 spiro atoms. The van der Waals surface area contributed by atoms with Gasteiger partial charge < -0.3 is 0 Å². The Morgan fingerprint density at radius 1 is 1.56 bits per heavy atom. The van der Waals surface area contributed by atoms with Crippen LogP contribution in [0.3, 0.4) is 0 Å². The largest absolute Gasteiger partial charge is 0.314 e. The molecule has 0 bridgehead atoms. The molecule has 0 amide bonds. The molecule has 7 heteroatoms. The zero-order valence-corrected chi connectivity index (χ0v) is 9.90. The minimum atomic E-state index is -2.81. The summed E-state index contributed by atoms with van der Waals surface area (Å²) in [6.45, 7) is 0. The van der Waals surface area contributed by atoms with Gasteiger partial charge in [0, 0.05) is 19.9 Å². The van der Waals surface area contributed by atoms with Crippen molar-refractivity contribution in [2.75, 3.05) is 0 Å². The molecular weight excluding hydrogens is 244 g/mol. The summed E-state index contributed by atoms with van der Waals surface area (Å²) in [5.41, 5.74) is 0.271. The van der Waals surface area contributed by atoms with Crippen LogP contribution in [0.5, 0.6) is 0 Å². The van der Waals surface area contributed by atoms with Crippen molar-refractivity contribution in [3.63, 3.8) is 0 Å². The zero-order valence-electron chi connectivity index (χ0n) is 9.90. The lowest BCUT2D eigenvalue weighted by atomic mass is 10.0. The van der Waals surface area contributed by atoms with Crippen molar-refractivity contribution in [1.29, 1.82) is 0 Å². The van der Waals surface area contributed by atoms with Crippen LogP contribution >= 0.6 is 0 Å². The lowest BCUT2D eigenvalue weighted by Crippen LogP contribution is -2.16. The van der Waals surface area contributed by atoms with Gasteiger partial charge in [0.25, 0.3) is 5.92 Å². The first-order valence-electron chi connectivity index (χ1n) is 5.64. The topological polar surface area (TPSA) is 61.0 Å². The monoisotopic (exact) mass is 257 g/mol. The average Bonchev–Trinajstić information content (AvgIpc) is 2.55. The predicted molar refractivity (Wildman–Crippen MR) is 61.3 cm³/mol. The van der Waals surface area contributed by atoms with Gasteiger partial charge in [-0.1, -0.05) is 6.08 Å². The molecule has 2 rings (SSSR count). The first kappa shape index (κ1) is 12.7. The van der Waals surface area contributed by atoms with Crippen LogP contribution in [0.25, 0.3) is 5.57 Å². The van der Waals surface area contributed by atoms with Crippen LogP contribution in [0.2, 0.25) is 0 Å². The minimum Gasteiger partial charge on any atom is -0.261 e. The number of alkyl halides is 2. The predicted octanol–water partition coefficient (Wildman–Crippen LogP) is 2.92. The molecule has 0 saturated carbocycles. The summed E-state index contributed by atoms with van der Waals surface area (Å²) in [5, 5.41) is 14.6. The highest BCUT2D eigenvalue weighted by Gasteiger charge is 2.34. The molecule has 0 radical (unpaired) electrons. The molecule has 0 aromatic carbocycles. The molecule has 1 heterocycles. The number of halogens is 2. The van der Waals surface area contributed by atoms with E-state index in [1.165, 1.54) is 11.7 Å². The first-order valence-corrected chi connectivity index (χ1v) is 5.64. The minimum absolute atomic E-state index is 0.182. The number of rotatable bonds is 2. The van der Waals surface area contributed by atoms with E-state index >= 15 is 0 Å². The molecule has 0 fully saturated rings. The van der Waals surface area contributed by atoms with Gasteiger partial charge in [-0.25, -0.2) is 8.78 Å². The van der Waals surface area contributed by atoms with Gasteiger partial charge in [0.05, 0.1) is 4.92 Å². The van der Waals surface area contributed by atoms with E-state index in [1.54, 1.807) is 6.08 Å². The standard InChI is InChI=1S/C11H13F2N3O2/c1-15-10(9(7-14-15)16(17)18)8-4-2-3-5-11(12,13)6-8/h4,7H,2-3,5-6H2,1H3. The highest BCUT2D eigenvalue weighted by atomic mass is 19.3. The maximum atomic E-state index is 13.5. The summed E-state index contributed by atoms with van der Waals surface area (Å²) in [4.78, 5) is 10.3. The Hall–Kier alpha value is -1.79. The van der Waals surface area contributed by atoms with Crippen LogP contribution in [0, 0.1) is 10.1 Å². The molecule has 18 heavy (non-hydrogen) atoms. The molecule has 1 aliphatic rings. The number of hydrogen-bond donors (Lipinski definition) is 0. The van der Waals surface area contributed by atoms with Gasteiger partial charge in [-0.15, -0.1) is 0 Å². The lowest BCUT2D eigenvalue weighted by molar-refractivity contribution is -0.385. The third-order valence-corrected chi connectivity index (χ3v) is 3.01. The van der Waals surface area contributed by atoms with E-state index in [0.29, 0.717) is 18.4 Å². The van der Waals surface area contributed by atoms with Crippen molar-refractivity contribution in [2.24, 2.45) is 7.05 Å². The second-order valence-electron chi connectivity index (χ2n) is 4.41. The van der Waals surface area contributed by atoms with Gasteiger partial charge in [0.15, 0.2) is 0 Å². The van der Waals surface area contributed by atoms with Crippen LogP contribution in [0.4, 0.5) is 14.5 Å². The first-order chi connectivity index (χ1) is 8.41. The second-order valence-corrected chi connectivity index (χ2v) is 4.41. The van der Waals surface area contributed by atoms with Crippen LogP contribution in [-0.2, 0) is 7.05 Å². The van der Waals surface area contributed by atoms with Crippen LogP contribution < -0.4 is 0 Å². The number of aromatic nitrogens is 2. The van der Waals surface area contributed by atoms with E-state index in [4.69, 9.17) is 0 Å². The van der Waals surface area contributed by atoms with Crippen molar-refractivity contribution in [1.82, 2.24) is 9.78 Å². The Labute approximate surface area is 102 Å². The van der Waals surface area contributed by atoms with Crippen molar-refractivity contribution in [3.05, 3.63) is 28.1 Å². The van der Waals surface area contributed by atoms with Crippen LogP contribution in [0.15, 0.2) is 12.3 Å². The SMILES string of the molecule is Cn1ncc([N+](=O)[O-])c1C1=CCCCC(F)(F)C1. The fourth-order valence-electron chi connectivity index (χ4n) is 2.19. The fraction of sp³-hybridized carbons (Fsp3) is 0.545. The van der Waals surface area contributed by atoms with E-state index in [1.807, 2.05) is 0 Å². The molecule has 0 atom stereocenters. The van der Waals surface area contributed by atoms with Gasteiger partial charge >= 0.3 is 5.69 Å². The van der Waals surface area contributed by atoms with E-state index < -0.39 is 17.3 Å². The van der Waals surface area contributed by atoms with Gasteiger partial charge in [0.1, 0.15) is 11.9 Å². The molecule has 1 aromatic heterocycles. The smallest absolute Gasteiger partial charge is 0.261 e. The van der Waals surface area contributed by atoms with Crippen LogP contribution in [-0.4, -0.2) is 20.6 Å². The fourth-order valence-corrected chi connectivity index (χ4v) is 2.19. The average molecular weight is 257 g/mol. The van der Waals surface area contributed by atoms with Crippen molar-refractivity contribution < 1.29 is 13.7 Å². The number of aryl methyl sites for hydroxylation is 1. The Morgan fingerprint density at radius 2 is 2.28 bits per heavy atom. The highest BCUT2D eigenvalue weighted by molar-refractivity contribution is 5.70. The van der Waals surface area contributed by atoms with E-state index in [-0.39, 0.29) is 17.8 Å². The maximum Gasteiger partial charge on any atom is 0.314 e. The second kappa shape index (κ2) is 4.47. The number of hydrogen-bond acceptors (Lipinski definition) is 3. The molecule has 0 aliphatic heterocycles. The summed E-state index contributed by atoms with van der Waals surface area (Å²) < 4.78 is 28.3. The van der Waals surface area contributed by atoms with E-state index in [0.717, 1.165) is 6.20 Å². The molecule has 5 nitrogen and oxygen atoms in total. The number of nitrogens with zero attached hydrogens (tertiary/aromatic N) is 3. The summed E-state index contributed by atoms with van der Waals surface area (Å²) in [7, 11) is 1.52. The Bertz CT molecular complexity index is 508.